The summed E-state index contributed by atoms with van der Waals surface area (Å²) in [5, 5.41) is -0.0898. The Kier molecular flexibility index (Phi) is 3.65. The van der Waals surface area contributed by atoms with Crippen LogP contribution in [-0.4, -0.2) is 18.9 Å². The summed E-state index contributed by atoms with van der Waals surface area (Å²) in [6.07, 6.45) is 2.52. The Hall–Kier alpha value is -1.02. The van der Waals surface area contributed by atoms with E-state index in [1.807, 2.05) is 0 Å². The molecule has 0 amide bonds. The van der Waals surface area contributed by atoms with E-state index in [0.717, 1.165) is 18.9 Å². The van der Waals surface area contributed by atoms with Crippen LogP contribution in [0.2, 0.25) is 5.15 Å². The topological polar surface area (TPSA) is 56.3 Å². The number of nitrogens with zero attached hydrogens (tertiary/aromatic N) is 1. The fraction of sp³-hybridized carbons (Fsp3) is 0.500. The van der Waals surface area contributed by atoms with E-state index in [1.54, 1.807) is 0 Å². The van der Waals surface area contributed by atoms with Gasteiger partial charge in [-0.05, 0) is 25.7 Å². The van der Waals surface area contributed by atoms with Gasteiger partial charge in [0.25, 0.3) is 0 Å². The van der Waals surface area contributed by atoms with Crippen molar-refractivity contribution in [2.75, 3.05) is 0 Å². The molecular formula is C10H9ClF3NO3S. The van der Waals surface area contributed by atoms with Gasteiger partial charge in [0.05, 0.1) is 0 Å². The molecule has 9 heteroatoms. The third-order valence-electron chi connectivity index (χ3n) is 2.71. The summed E-state index contributed by atoms with van der Waals surface area (Å²) in [5.41, 5.74) is -4.60. The van der Waals surface area contributed by atoms with Gasteiger partial charge < -0.3 is 4.18 Å². The molecule has 0 atom stereocenters. The van der Waals surface area contributed by atoms with Crippen LogP contribution >= 0.6 is 11.6 Å². The molecule has 1 aliphatic carbocycles. The Labute approximate surface area is 112 Å². The van der Waals surface area contributed by atoms with E-state index in [1.165, 1.54) is 0 Å². The molecule has 0 radical (unpaired) electrons. The Bertz CT molecular complexity index is 601. The molecule has 19 heavy (non-hydrogen) atoms. The average molecular weight is 316 g/mol. The first-order valence-corrected chi connectivity index (χ1v) is 7.18. The van der Waals surface area contributed by atoms with E-state index in [9.17, 15) is 21.6 Å². The lowest BCUT2D eigenvalue weighted by Gasteiger charge is -2.19. The van der Waals surface area contributed by atoms with Crippen molar-refractivity contribution >= 4 is 21.7 Å². The Morgan fingerprint density at radius 1 is 1.26 bits per heavy atom. The quantitative estimate of drug-likeness (QED) is 0.478. The second kappa shape index (κ2) is 4.82. The van der Waals surface area contributed by atoms with Gasteiger partial charge in [-0.3, -0.25) is 0 Å². The van der Waals surface area contributed by atoms with E-state index in [4.69, 9.17) is 11.6 Å². The molecule has 1 aliphatic rings. The van der Waals surface area contributed by atoms with Crippen LogP contribution in [0.15, 0.2) is 6.07 Å². The van der Waals surface area contributed by atoms with Crippen molar-refractivity contribution in [1.82, 2.24) is 4.98 Å². The average Bonchev–Trinajstić information content (AvgIpc) is 2.26. The van der Waals surface area contributed by atoms with Crippen molar-refractivity contribution in [3.63, 3.8) is 0 Å². The van der Waals surface area contributed by atoms with Crippen LogP contribution in [0.3, 0.4) is 0 Å². The monoisotopic (exact) mass is 315 g/mol. The maximum absolute atomic E-state index is 12.3. The standard InChI is InChI=1S/C10H9ClF3NO3S/c11-9-5-8(18-19(16,17)10(12,13)14)6-3-1-2-4-7(6)15-9/h5H,1-4H2. The molecule has 106 valence electrons. The van der Waals surface area contributed by atoms with E-state index >= 15 is 0 Å². The molecule has 1 heterocycles. The number of hydrogen-bond donors (Lipinski definition) is 0. The number of pyridine rings is 1. The molecule has 1 aromatic heterocycles. The summed E-state index contributed by atoms with van der Waals surface area (Å²) >= 11 is 5.66. The normalized spacial score (nSPS) is 16.0. The van der Waals surface area contributed by atoms with Gasteiger partial charge >= 0.3 is 15.6 Å². The van der Waals surface area contributed by atoms with Gasteiger partial charge in [-0.15, -0.1) is 0 Å². The maximum Gasteiger partial charge on any atom is 0.534 e. The Morgan fingerprint density at radius 2 is 1.89 bits per heavy atom. The molecule has 0 aliphatic heterocycles. The number of halogens is 4. The number of hydrogen-bond acceptors (Lipinski definition) is 4. The highest BCUT2D eigenvalue weighted by molar-refractivity contribution is 7.88. The van der Waals surface area contributed by atoms with Crippen LogP contribution in [0.25, 0.3) is 0 Å². The van der Waals surface area contributed by atoms with Gasteiger partial charge in [-0.1, -0.05) is 11.6 Å². The molecule has 4 nitrogen and oxygen atoms in total. The minimum absolute atomic E-state index is 0.0898. The van der Waals surface area contributed by atoms with E-state index < -0.39 is 15.6 Å². The first-order valence-electron chi connectivity index (χ1n) is 5.40. The molecule has 0 bridgehead atoms. The number of fused-ring (bicyclic) bond motifs is 1. The molecule has 0 aromatic carbocycles. The van der Waals surface area contributed by atoms with Crippen LogP contribution in [0.5, 0.6) is 5.75 Å². The zero-order chi connectivity index (χ0) is 14.3. The number of aryl methyl sites for hydroxylation is 1. The largest absolute Gasteiger partial charge is 0.534 e. The maximum atomic E-state index is 12.3. The van der Waals surface area contributed by atoms with Crippen molar-refractivity contribution in [1.29, 1.82) is 0 Å². The first-order chi connectivity index (χ1) is 8.71. The highest BCUT2D eigenvalue weighted by Crippen LogP contribution is 2.34. The third-order valence-corrected chi connectivity index (χ3v) is 3.87. The zero-order valence-electron chi connectivity index (χ0n) is 9.50. The zero-order valence-corrected chi connectivity index (χ0v) is 11.1. The second-order valence-electron chi connectivity index (χ2n) is 4.06. The lowest BCUT2D eigenvalue weighted by molar-refractivity contribution is -0.0500. The van der Waals surface area contributed by atoms with Crippen LogP contribution in [-0.2, 0) is 23.0 Å². The number of alkyl halides is 3. The summed E-state index contributed by atoms with van der Waals surface area (Å²) in [6, 6.07) is 0.995. The van der Waals surface area contributed by atoms with Crippen LogP contribution in [0.4, 0.5) is 13.2 Å². The summed E-state index contributed by atoms with van der Waals surface area (Å²) in [5.74, 6) is -0.382. The molecule has 0 saturated heterocycles. The SMILES string of the molecule is O=S(=O)(Oc1cc(Cl)nc2c1CCCC2)C(F)(F)F. The minimum atomic E-state index is -5.69. The highest BCUT2D eigenvalue weighted by Gasteiger charge is 2.49. The fourth-order valence-corrected chi connectivity index (χ4v) is 2.56. The van der Waals surface area contributed by atoms with Crippen LogP contribution in [0.1, 0.15) is 24.1 Å². The number of rotatable bonds is 2. The molecule has 1 aromatic rings. The van der Waals surface area contributed by atoms with Gasteiger partial charge in [0, 0.05) is 17.3 Å². The van der Waals surface area contributed by atoms with Crippen LogP contribution in [0, 0.1) is 0 Å². The third kappa shape index (κ3) is 2.94. The van der Waals surface area contributed by atoms with Crippen molar-refractivity contribution in [2.45, 2.75) is 31.2 Å². The van der Waals surface area contributed by atoms with E-state index in [0.29, 0.717) is 24.1 Å². The van der Waals surface area contributed by atoms with E-state index in [-0.39, 0.29) is 10.9 Å². The second-order valence-corrected chi connectivity index (χ2v) is 5.98. The molecule has 0 spiro atoms. The molecule has 0 saturated carbocycles. The van der Waals surface area contributed by atoms with Crippen LogP contribution < -0.4 is 4.18 Å². The minimum Gasteiger partial charge on any atom is -0.376 e. The predicted molar refractivity (Wildman–Crippen MR) is 61.5 cm³/mol. The first kappa shape index (κ1) is 14.4. The molecule has 0 fully saturated rings. The van der Waals surface area contributed by atoms with Crippen molar-refractivity contribution < 1.29 is 25.8 Å². The van der Waals surface area contributed by atoms with Crippen molar-refractivity contribution in [2.24, 2.45) is 0 Å². The fourth-order valence-electron chi connectivity index (χ4n) is 1.87. The van der Waals surface area contributed by atoms with Gasteiger partial charge in [-0.25, -0.2) is 4.98 Å². The van der Waals surface area contributed by atoms with E-state index in [2.05, 4.69) is 9.17 Å². The van der Waals surface area contributed by atoms with Gasteiger partial charge in [0.1, 0.15) is 5.15 Å². The highest BCUT2D eigenvalue weighted by atomic mass is 35.5. The molecular weight excluding hydrogens is 307 g/mol. The summed E-state index contributed by atoms with van der Waals surface area (Å²) in [4.78, 5) is 3.98. The summed E-state index contributed by atoms with van der Waals surface area (Å²) in [6.45, 7) is 0. The van der Waals surface area contributed by atoms with Gasteiger partial charge in [-0.2, -0.15) is 21.6 Å². The Balaban J connectivity index is 2.44. The lowest BCUT2D eigenvalue weighted by atomic mass is 9.95. The van der Waals surface area contributed by atoms with Gasteiger partial charge in [0.2, 0.25) is 0 Å². The molecule has 2 rings (SSSR count). The molecule has 0 N–H and O–H groups in total. The van der Waals surface area contributed by atoms with Crippen molar-refractivity contribution in [3.05, 3.63) is 22.5 Å². The van der Waals surface area contributed by atoms with Gasteiger partial charge in [0.15, 0.2) is 5.75 Å². The Morgan fingerprint density at radius 3 is 2.53 bits per heavy atom. The summed E-state index contributed by atoms with van der Waals surface area (Å²) < 4.78 is 63.1. The smallest absolute Gasteiger partial charge is 0.376 e. The van der Waals surface area contributed by atoms with Crippen molar-refractivity contribution in [3.8, 4) is 5.75 Å². The predicted octanol–water partition coefficient (Wildman–Crippen LogP) is 2.84. The lowest BCUT2D eigenvalue weighted by Crippen LogP contribution is -2.28. The molecule has 0 unspecified atom stereocenters. The number of aromatic nitrogens is 1. The summed E-state index contributed by atoms with van der Waals surface area (Å²) in [7, 11) is -5.69.